The van der Waals surface area contributed by atoms with Gasteiger partial charge < -0.3 is 10.6 Å². The van der Waals surface area contributed by atoms with Crippen LogP contribution >= 0.6 is 0 Å². The second-order valence-electron chi connectivity index (χ2n) is 4.46. The van der Waals surface area contributed by atoms with Crippen molar-refractivity contribution in [1.29, 1.82) is 0 Å². The van der Waals surface area contributed by atoms with Gasteiger partial charge in [0.05, 0.1) is 0 Å². The summed E-state index contributed by atoms with van der Waals surface area (Å²) >= 11 is 0. The molecule has 3 nitrogen and oxygen atoms in total. The van der Waals surface area contributed by atoms with Crippen molar-refractivity contribution in [3.05, 3.63) is 24.3 Å². The largest absolute Gasteiger partial charge is 0.399 e. The van der Waals surface area contributed by atoms with Crippen molar-refractivity contribution in [2.75, 3.05) is 10.6 Å². The van der Waals surface area contributed by atoms with Crippen molar-refractivity contribution in [3.8, 4) is 0 Å². The zero-order valence-corrected chi connectivity index (χ0v) is 8.52. The number of piperidine rings is 1. The summed E-state index contributed by atoms with van der Waals surface area (Å²) in [5, 5.41) is 0. The third-order valence-corrected chi connectivity index (χ3v) is 3.53. The standard InChI is InChI=1S/C12H14N2O/c13-9-2-5-10(6-3-9)14-11-4-1-8(7-11)12(14)15/h2-3,5-6,8,11H,1,4,7,13H2. The van der Waals surface area contributed by atoms with Crippen molar-refractivity contribution in [2.45, 2.75) is 25.3 Å². The highest BCUT2D eigenvalue weighted by atomic mass is 16.2. The van der Waals surface area contributed by atoms with Gasteiger partial charge in [0.25, 0.3) is 0 Å². The molecule has 2 atom stereocenters. The van der Waals surface area contributed by atoms with Gasteiger partial charge in [-0.15, -0.1) is 0 Å². The monoisotopic (exact) mass is 202 g/mol. The molecule has 1 aromatic carbocycles. The van der Waals surface area contributed by atoms with Crippen molar-refractivity contribution in [2.24, 2.45) is 5.92 Å². The highest BCUT2D eigenvalue weighted by molar-refractivity contribution is 5.99. The molecule has 2 fully saturated rings. The zero-order valence-electron chi connectivity index (χ0n) is 8.52. The summed E-state index contributed by atoms with van der Waals surface area (Å²) in [7, 11) is 0. The summed E-state index contributed by atoms with van der Waals surface area (Å²) < 4.78 is 0. The summed E-state index contributed by atoms with van der Waals surface area (Å²) in [6, 6.07) is 8.02. The second-order valence-corrected chi connectivity index (χ2v) is 4.46. The molecule has 3 rings (SSSR count). The van der Waals surface area contributed by atoms with Crippen LogP contribution in [0.5, 0.6) is 0 Å². The van der Waals surface area contributed by atoms with Crippen LogP contribution in [0, 0.1) is 5.92 Å². The lowest BCUT2D eigenvalue weighted by Gasteiger charge is -2.27. The highest BCUT2D eigenvalue weighted by Crippen LogP contribution is 2.41. The van der Waals surface area contributed by atoms with Crippen molar-refractivity contribution >= 4 is 17.3 Å². The first kappa shape index (κ1) is 8.77. The van der Waals surface area contributed by atoms with E-state index in [0.717, 1.165) is 30.6 Å². The molecule has 2 bridgehead atoms. The average Bonchev–Trinajstić information content (AvgIpc) is 2.80. The molecule has 1 heterocycles. The van der Waals surface area contributed by atoms with E-state index in [9.17, 15) is 4.79 Å². The summed E-state index contributed by atoms with van der Waals surface area (Å²) in [6.07, 6.45) is 3.28. The molecular formula is C12H14N2O. The first-order valence-electron chi connectivity index (χ1n) is 5.44. The first-order chi connectivity index (χ1) is 7.25. The lowest BCUT2D eigenvalue weighted by molar-refractivity contribution is -0.121. The number of hydrogen-bond donors (Lipinski definition) is 1. The van der Waals surface area contributed by atoms with Crippen LogP contribution in [0.25, 0.3) is 0 Å². The molecule has 1 aromatic rings. The number of carbonyl (C=O) groups is 1. The molecule has 2 aliphatic rings. The summed E-state index contributed by atoms with van der Waals surface area (Å²) in [5.74, 6) is 0.587. The molecule has 1 aliphatic heterocycles. The minimum Gasteiger partial charge on any atom is -0.399 e. The average molecular weight is 202 g/mol. The SMILES string of the molecule is Nc1ccc(N2C(=O)C3CCC2C3)cc1. The Bertz CT molecular complexity index is 399. The fourth-order valence-corrected chi connectivity index (χ4v) is 2.77. The Morgan fingerprint density at radius 3 is 2.53 bits per heavy atom. The highest BCUT2D eigenvalue weighted by Gasteiger charge is 2.45. The summed E-state index contributed by atoms with van der Waals surface area (Å²) in [6.45, 7) is 0. The molecule has 3 heteroatoms. The number of anilines is 2. The molecule has 1 amide bonds. The molecule has 1 saturated carbocycles. The van der Waals surface area contributed by atoms with Gasteiger partial charge in [-0.1, -0.05) is 0 Å². The van der Waals surface area contributed by atoms with E-state index >= 15 is 0 Å². The van der Waals surface area contributed by atoms with Gasteiger partial charge in [0.1, 0.15) is 0 Å². The first-order valence-corrected chi connectivity index (χ1v) is 5.44. The Morgan fingerprint density at radius 1 is 1.20 bits per heavy atom. The van der Waals surface area contributed by atoms with E-state index in [1.165, 1.54) is 0 Å². The topological polar surface area (TPSA) is 46.3 Å². The molecule has 0 radical (unpaired) electrons. The number of nitrogens with two attached hydrogens (primary N) is 1. The number of fused-ring (bicyclic) bond motifs is 2. The molecule has 2 unspecified atom stereocenters. The van der Waals surface area contributed by atoms with Crippen LogP contribution in [0.3, 0.4) is 0 Å². The predicted molar refractivity (Wildman–Crippen MR) is 59.5 cm³/mol. The number of amides is 1. The Morgan fingerprint density at radius 2 is 1.93 bits per heavy atom. The van der Waals surface area contributed by atoms with E-state index < -0.39 is 0 Å². The van der Waals surface area contributed by atoms with E-state index in [2.05, 4.69) is 0 Å². The number of hydrogen-bond acceptors (Lipinski definition) is 2. The molecule has 2 N–H and O–H groups in total. The van der Waals surface area contributed by atoms with Gasteiger partial charge >= 0.3 is 0 Å². The Hall–Kier alpha value is -1.51. The van der Waals surface area contributed by atoms with Crippen molar-refractivity contribution < 1.29 is 4.79 Å². The van der Waals surface area contributed by atoms with Gasteiger partial charge in [0.15, 0.2) is 0 Å². The zero-order chi connectivity index (χ0) is 10.4. The fraction of sp³-hybridized carbons (Fsp3) is 0.417. The Labute approximate surface area is 88.9 Å². The molecular weight excluding hydrogens is 188 g/mol. The van der Waals surface area contributed by atoms with E-state index in [4.69, 9.17) is 5.73 Å². The van der Waals surface area contributed by atoms with Gasteiger partial charge in [0.2, 0.25) is 5.91 Å². The minimum atomic E-state index is 0.285. The predicted octanol–water partition coefficient (Wildman–Crippen LogP) is 1.78. The van der Waals surface area contributed by atoms with Crippen molar-refractivity contribution in [3.63, 3.8) is 0 Å². The Balaban J connectivity index is 1.94. The van der Waals surface area contributed by atoms with Crippen LogP contribution in [0.4, 0.5) is 11.4 Å². The number of rotatable bonds is 1. The molecule has 0 aromatic heterocycles. The van der Waals surface area contributed by atoms with Gasteiger partial charge in [-0.2, -0.15) is 0 Å². The number of benzene rings is 1. The number of nitrogen functional groups attached to an aromatic ring is 1. The molecule has 78 valence electrons. The molecule has 15 heavy (non-hydrogen) atoms. The summed E-state index contributed by atoms with van der Waals surface area (Å²) in [4.78, 5) is 13.9. The van der Waals surface area contributed by atoms with Gasteiger partial charge in [0, 0.05) is 23.3 Å². The van der Waals surface area contributed by atoms with E-state index in [0.29, 0.717) is 11.9 Å². The Kier molecular flexibility index (Phi) is 1.75. The summed E-state index contributed by atoms with van der Waals surface area (Å²) in [5.41, 5.74) is 7.38. The smallest absolute Gasteiger partial charge is 0.230 e. The molecule has 1 aliphatic carbocycles. The normalized spacial score (nSPS) is 28.8. The second kappa shape index (κ2) is 2.99. The minimum absolute atomic E-state index is 0.285. The fourth-order valence-electron chi connectivity index (χ4n) is 2.77. The van der Waals surface area contributed by atoms with E-state index in [1.807, 2.05) is 29.2 Å². The van der Waals surface area contributed by atoms with Crippen LogP contribution in [-0.4, -0.2) is 11.9 Å². The molecule has 0 spiro atoms. The van der Waals surface area contributed by atoms with Crippen LogP contribution < -0.4 is 10.6 Å². The van der Waals surface area contributed by atoms with Crippen LogP contribution in [0.1, 0.15) is 19.3 Å². The third kappa shape index (κ3) is 1.23. The maximum Gasteiger partial charge on any atom is 0.230 e. The van der Waals surface area contributed by atoms with Crippen LogP contribution in [-0.2, 0) is 4.79 Å². The van der Waals surface area contributed by atoms with Crippen LogP contribution in [0.2, 0.25) is 0 Å². The maximum atomic E-state index is 11.9. The number of nitrogens with zero attached hydrogens (tertiary/aromatic N) is 1. The van der Waals surface area contributed by atoms with Gasteiger partial charge in [-0.25, -0.2) is 0 Å². The maximum absolute atomic E-state index is 11.9. The lowest BCUT2D eigenvalue weighted by Crippen LogP contribution is -2.36. The van der Waals surface area contributed by atoms with Gasteiger partial charge in [-0.3, -0.25) is 4.79 Å². The third-order valence-electron chi connectivity index (χ3n) is 3.53. The van der Waals surface area contributed by atoms with Gasteiger partial charge in [-0.05, 0) is 43.5 Å². The quantitative estimate of drug-likeness (QED) is 0.706. The lowest BCUT2D eigenvalue weighted by atomic mass is 10.1. The van der Waals surface area contributed by atoms with E-state index in [-0.39, 0.29) is 5.92 Å². The molecule has 1 saturated heterocycles. The number of carbonyl (C=O) groups excluding carboxylic acids is 1. The van der Waals surface area contributed by atoms with Crippen molar-refractivity contribution in [1.82, 2.24) is 0 Å². The van der Waals surface area contributed by atoms with Crippen LogP contribution in [0.15, 0.2) is 24.3 Å². The van der Waals surface area contributed by atoms with E-state index in [1.54, 1.807) is 0 Å².